The summed E-state index contributed by atoms with van der Waals surface area (Å²) in [6.45, 7) is 1.53. The summed E-state index contributed by atoms with van der Waals surface area (Å²) < 4.78 is 0. The molecule has 2 aliphatic heterocycles. The molecule has 0 unspecified atom stereocenters. The number of nitrogens with zero attached hydrogens (tertiary/aromatic N) is 2. The zero-order valence-corrected chi connectivity index (χ0v) is 18.2. The summed E-state index contributed by atoms with van der Waals surface area (Å²) in [6.07, 6.45) is 1.84. The van der Waals surface area contributed by atoms with Crippen LogP contribution in [0.3, 0.4) is 0 Å². The molecule has 172 valence electrons. The van der Waals surface area contributed by atoms with E-state index in [4.69, 9.17) is 16.2 Å². The number of benzene rings is 2. The Morgan fingerprint density at radius 2 is 1.67 bits per heavy atom. The van der Waals surface area contributed by atoms with Crippen LogP contribution in [-0.4, -0.2) is 58.3 Å². The van der Waals surface area contributed by atoms with Crippen LogP contribution in [0.1, 0.15) is 40.4 Å². The molecule has 2 heterocycles. The van der Waals surface area contributed by atoms with Crippen molar-refractivity contribution in [2.75, 3.05) is 25.0 Å². The quantitative estimate of drug-likeness (QED) is 0.416. The van der Waals surface area contributed by atoms with Crippen molar-refractivity contribution in [3.8, 4) is 0 Å². The smallest absolute Gasteiger partial charge is 0.335 e. The predicted molar refractivity (Wildman–Crippen MR) is 123 cm³/mol. The lowest BCUT2D eigenvalue weighted by molar-refractivity contribution is -0.144. The van der Waals surface area contributed by atoms with E-state index in [-0.39, 0.29) is 29.3 Å². The van der Waals surface area contributed by atoms with Gasteiger partial charge in [-0.05, 0) is 54.7 Å². The Morgan fingerprint density at radius 3 is 2.30 bits per heavy atom. The van der Waals surface area contributed by atoms with E-state index in [9.17, 15) is 14.4 Å². The first-order valence-corrected chi connectivity index (χ1v) is 11.0. The summed E-state index contributed by atoms with van der Waals surface area (Å²) in [5.41, 5.74) is 8.01. The minimum atomic E-state index is -1.04. The number of nitrogens with two attached hydrogens (primary N) is 1. The summed E-state index contributed by atoms with van der Waals surface area (Å²) in [5.74, 6) is -1.65. The van der Waals surface area contributed by atoms with E-state index < -0.39 is 12.0 Å². The minimum absolute atomic E-state index is 0.0129. The third-order valence-electron chi connectivity index (χ3n) is 6.40. The fourth-order valence-electron chi connectivity index (χ4n) is 4.60. The van der Waals surface area contributed by atoms with Crippen molar-refractivity contribution in [3.05, 3.63) is 65.2 Å². The molecule has 0 spiro atoms. The van der Waals surface area contributed by atoms with Gasteiger partial charge in [-0.15, -0.1) is 0 Å². The molecule has 1 saturated heterocycles. The molecule has 2 amide bonds. The maximum absolute atomic E-state index is 13.5. The van der Waals surface area contributed by atoms with Gasteiger partial charge in [-0.2, -0.15) is 0 Å². The molecule has 9 heteroatoms. The molecular formula is C24H27N5O4. The third kappa shape index (κ3) is 4.67. The molecule has 33 heavy (non-hydrogen) atoms. The van der Waals surface area contributed by atoms with E-state index in [2.05, 4.69) is 5.32 Å². The number of hydrogen-bond acceptors (Lipinski definition) is 4. The van der Waals surface area contributed by atoms with Crippen molar-refractivity contribution < 1.29 is 19.5 Å². The summed E-state index contributed by atoms with van der Waals surface area (Å²) in [4.78, 5) is 41.4. The Labute approximate surface area is 191 Å². The first kappa shape index (κ1) is 22.3. The second-order valence-corrected chi connectivity index (χ2v) is 8.40. The molecule has 2 aliphatic rings. The van der Waals surface area contributed by atoms with E-state index in [1.807, 2.05) is 24.3 Å². The van der Waals surface area contributed by atoms with Crippen LogP contribution in [0.15, 0.2) is 48.5 Å². The Bertz CT molecular complexity index is 1080. The maximum Gasteiger partial charge on any atom is 0.335 e. The molecule has 1 fully saturated rings. The number of piperidine rings is 1. The molecule has 0 aromatic heterocycles. The Morgan fingerprint density at radius 1 is 1.00 bits per heavy atom. The lowest BCUT2D eigenvalue weighted by Gasteiger charge is -2.40. The molecule has 9 nitrogen and oxygen atoms in total. The summed E-state index contributed by atoms with van der Waals surface area (Å²) >= 11 is 0. The van der Waals surface area contributed by atoms with Crippen molar-refractivity contribution >= 4 is 29.4 Å². The summed E-state index contributed by atoms with van der Waals surface area (Å²) in [7, 11) is 0. The van der Waals surface area contributed by atoms with Crippen LogP contribution in [0, 0.1) is 11.3 Å². The molecule has 0 radical (unpaired) electrons. The van der Waals surface area contributed by atoms with Gasteiger partial charge in [0.1, 0.15) is 6.04 Å². The van der Waals surface area contributed by atoms with Crippen molar-refractivity contribution in [2.45, 2.75) is 25.3 Å². The largest absolute Gasteiger partial charge is 0.478 e. The van der Waals surface area contributed by atoms with Crippen LogP contribution in [-0.2, 0) is 16.0 Å². The van der Waals surface area contributed by atoms with Gasteiger partial charge >= 0.3 is 5.97 Å². The van der Waals surface area contributed by atoms with Crippen molar-refractivity contribution in [3.63, 3.8) is 0 Å². The number of hydrogen-bond donors (Lipinski definition) is 4. The number of rotatable bonds is 4. The van der Waals surface area contributed by atoms with Crippen LogP contribution < -0.4 is 11.1 Å². The van der Waals surface area contributed by atoms with Crippen LogP contribution in [0.4, 0.5) is 5.69 Å². The number of anilines is 1. The van der Waals surface area contributed by atoms with Crippen LogP contribution in [0.5, 0.6) is 0 Å². The maximum atomic E-state index is 13.5. The van der Waals surface area contributed by atoms with E-state index in [1.54, 1.807) is 21.9 Å². The van der Waals surface area contributed by atoms with Crippen LogP contribution in [0.25, 0.3) is 0 Å². The number of aromatic carboxylic acids is 1. The average Bonchev–Trinajstić information content (AvgIpc) is 2.83. The summed E-state index contributed by atoms with van der Waals surface area (Å²) in [5, 5.41) is 19.5. The number of amides is 2. The Hall–Kier alpha value is -3.88. The van der Waals surface area contributed by atoms with E-state index in [0.717, 1.165) is 11.1 Å². The highest BCUT2D eigenvalue weighted by molar-refractivity contribution is 5.99. The number of nitrogens with one attached hydrogen (secondary N) is 2. The van der Waals surface area contributed by atoms with Gasteiger partial charge in [-0.25, -0.2) is 4.79 Å². The zero-order valence-electron chi connectivity index (χ0n) is 18.2. The van der Waals surface area contributed by atoms with E-state index >= 15 is 0 Å². The van der Waals surface area contributed by atoms with Gasteiger partial charge in [-0.1, -0.05) is 24.3 Å². The number of likely N-dealkylation sites (tertiary alicyclic amines) is 1. The first-order valence-electron chi connectivity index (χ1n) is 11.0. The predicted octanol–water partition coefficient (Wildman–Crippen LogP) is 2.05. The van der Waals surface area contributed by atoms with E-state index in [1.165, 1.54) is 12.1 Å². The molecule has 4 rings (SSSR count). The second kappa shape index (κ2) is 9.32. The van der Waals surface area contributed by atoms with E-state index in [0.29, 0.717) is 44.6 Å². The average molecular weight is 450 g/mol. The standard InChI is InChI=1S/C24H27N5O4/c25-24(26)28-12-9-16(10-13-28)22(31)29-14-11-15-3-1-2-4-19(15)20(29)21(30)27-18-7-5-17(6-8-18)23(32)33/h1-8,16,20H,9-14H2,(H3,25,26)(H,27,30)(H,32,33)/t20-/m0/s1. The van der Waals surface area contributed by atoms with Crippen molar-refractivity contribution in [1.29, 1.82) is 5.41 Å². The van der Waals surface area contributed by atoms with Gasteiger partial charge < -0.3 is 26.0 Å². The van der Waals surface area contributed by atoms with Gasteiger partial charge in [0.15, 0.2) is 5.96 Å². The van der Waals surface area contributed by atoms with Gasteiger partial charge in [-0.3, -0.25) is 15.0 Å². The Kier molecular flexibility index (Phi) is 6.30. The number of carbonyl (C=O) groups is 3. The molecule has 0 bridgehead atoms. The Balaban J connectivity index is 1.56. The number of carboxylic acid groups (broad SMARTS) is 1. The van der Waals surface area contributed by atoms with Gasteiger partial charge in [0.25, 0.3) is 5.91 Å². The van der Waals surface area contributed by atoms with Crippen LogP contribution >= 0.6 is 0 Å². The highest BCUT2D eigenvalue weighted by atomic mass is 16.4. The molecule has 1 atom stereocenters. The second-order valence-electron chi connectivity index (χ2n) is 8.40. The number of fused-ring (bicyclic) bond motifs is 1. The van der Waals surface area contributed by atoms with Crippen molar-refractivity contribution in [1.82, 2.24) is 9.80 Å². The third-order valence-corrected chi connectivity index (χ3v) is 6.40. The lowest BCUT2D eigenvalue weighted by atomic mass is 9.88. The number of carboxylic acids is 1. The molecule has 5 N–H and O–H groups in total. The van der Waals surface area contributed by atoms with Gasteiger partial charge in [0.2, 0.25) is 5.91 Å². The van der Waals surface area contributed by atoms with Crippen molar-refractivity contribution in [2.24, 2.45) is 11.7 Å². The fourth-order valence-corrected chi connectivity index (χ4v) is 4.60. The van der Waals surface area contributed by atoms with Gasteiger partial charge in [0, 0.05) is 31.2 Å². The summed E-state index contributed by atoms with van der Waals surface area (Å²) in [6, 6.07) is 12.8. The van der Waals surface area contributed by atoms with Gasteiger partial charge in [0.05, 0.1) is 5.56 Å². The first-order chi connectivity index (χ1) is 15.8. The molecular weight excluding hydrogens is 422 g/mol. The topological polar surface area (TPSA) is 140 Å². The molecule has 0 aliphatic carbocycles. The molecule has 2 aromatic rings. The fraction of sp³-hybridized carbons (Fsp3) is 0.333. The number of carbonyl (C=O) groups excluding carboxylic acids is 2. The van der Waals surface area contributed by atoms with Crippen LogP contribution in [0.2, 0.25) is 0 Å². The minimum Gasteiger partial charge on any atom is -0.478 e. The molecule has 2 aromatic carbocycles. The monoisotopic (exact) mass is 449 g/mol. The lowest BCUT2D eigenvalue weighted by Crippen LogP contribution is -2.50. The normalized spacial score (nSPS) is 18.4. The highest BCUT2D eigenvalue weighted by Gasteiger charge is 2.39. The SMILES string of the molecule is N=C(N)N1CCC(C(=O)N2CCc3ccccc3[C@H]2C(=O)Nc2ccc(C(=O)O)cc2)CC1. The number of guanidine groups is 1. The highest BCUT2D eigenvalue weighted by Crippen LogP contribution is 2.33. The molecule has 0 saturated carbocycles. The zero-order chi connectivity index (χ0) is 23.5.